The van der Waals surface area contributed by atoms with Crippen molar-refractivity contribution in [2.24, 2.45) is 5.92 Å². The Labute approximate surface area is 220 Å². The van der Waals surface area contributed by atoms with Crippen molar-refractivity contribution in [3.8, 4) is 28.4 Å². The van der Waals surface area contributed by atoms with Gasteiger partial charge in [-0.3, -0.25) is 0 Å². The Balaban J connectivity index is 1.44. The van der Waals surface area contributed by atoms with Gasteiger partial charge in [-0.1, -0.05) is 56.3 Å². The van der Waals surface area contributed by atoms with Gasteiger partial charge >= 0.3 is 5.97 Å². The Morgan fingerprint density at radius 1 is 0.757 bits per heavy atom. The molecule has 0 saturated heterocycles. The third kappa shape index (κ3) is 8.53. The Hall–Kier alpha value is -3.51. The summed E-state index contributed by atoms with van der Waals surface area (Å²) in [7, 11) is 4.41. The van der Waals surface area contributed by atoms with Gasteiger partial charge in [-0.15, -0.1) is 0 Å². The minimum absolute atomic E-state index is 0.350. The smallest absolute Gasteiger partial charge is 0.335 e. The number of methoxy groups -OCH3 is 3. The van der Waals surface area contributed by atoms with Crippen LogP contribution < -0.4 is 14.2 Å². The van der Waals surface area contributed by atoms with E-state index in [1.807, 2.05) is 30.3 Å². The van der Waals surface area contributed by atoms with Crippen molar-refractivity contribution in [3.05, 3.63) is 77.9 Å². The molecule has 3 rings (SSSR count). The molecule has 198 valence electrons. The van der Waals surface area contributed by atoms with Crippen LogP contribution in [0.15, 0.2) is 66.7 Å². The first-order valence-electron chi connectivity index (χ1n) is 12.7. The van der Waals surface area contributed by atoms with E-state index in [0.29, 0.717) is 37.1 Å². The molecule has 0 aromatic heterocycles. The number of carbonyl (C=O) groups excluding carboxylic acids is 1. The largest absolute Gasteiger partial charge is 0.496 e. The van der Waals surface area contributed by atoms with E-state index in [-0.39, 0.29) is 0 Å². The van der Waals surface area contributed by atoms with E-state index in [1.165, 1.54) is 30.9 Å². The highest BCUT2D eigenvalue weighted by atomic mass is 16.6. The third-order valence-electron chi connectivity index (χ3n) is 6.02. The lowest BCUT2D eigenvalue weighted by Crippen LogP contribution is -2.26. The second-order valence-electron chi connectivity index (χ2n) is 9.30. The molecule has 37 heavy (non-hydrogen) atoms. The summed E-state index contributed by atoms with van der Waals surface area (Å²) in [6, 6.07) is 22.5. The Morgan fingerprint density at radius 3 is 1.92 bits per heavy atom. The predicted molar refractivity (Wildman–Crippen MR) is 146 cm³/mol. The van der Waals surface area contributed by atoms with Crippen molar-refractivity contribution < 1.29 is 28.5 Å². The van der Waals surface area contributed by atoms with Crippen molar-refractivity contribution in [2.45, 2.75) is 39.2 Å². The Bertz CT molecular complexity index is 1110. The van der Waals surface area contributed by atoms with Gasteiger partial charge < -0.3 is 23.7 Å². The maximum Gasteiger partial charge on any atom is 0.335 e. The minimum atomic E-state index is -0.688. The molecule has 0 bridgehead atoms. The molecule has 0 saturated carbocycles. The number of benzene rings is 3. The lowest BCUT2D eigenvalue weighted by Gasteiger charge is -2.16. The zero-order valence-corrected chi connectivity index (χ0v) is 22.5. The van der Waals surface area contributed by atoms with Crippen LogP contribution in [0.1, 0.15) is 31.4 Å². The van der Waals surface area contributed by atoms with Crippen LogP contribution in [0.25, 0.3) is 11.1 Å². The van der Waals surface area contributed by atoms with Gasteiger partial charge in [-0.05, 0) is 52.8 Å². The maximum absolute atomic E-state index is 11.8. The minimum Gasteiger partial charge on any atom is -0.496 e. The number of ether oxygens (including phenoxy) is 5. The molecule has 0 radical (unpaired) electrons. The molecule has 0 fully saturated rings. The molecule has 0 aliphatic heterocycles. The van der Waals surface area contributed by atoms with E-state index in [0.717, 1.165) is 24.2 Å². The van der Waals surface area contributed by atoms with Crippen molar-refractivity contribution in [1.29, 1.82) is 0 Å². The van der Waals surface area contributed by atoms with Gasteiger partial charge in [0.05, 0.1) is 27.4 Å². The number of carbonyl (C=O) groups is 1. The van der Waals surface area contributed by atoms with Crippen LogP contribution in [0.3, 0.4) is 0 Å². The van der Waals surface area contributed by atoms with Gasteiger partial charge in [0.25, 0.3) is 0 Å². The van der Waals surface area contributed by atoms with E-state index in [2.05, 4.69) is 50.2 Å². The summed E-state index contributed by atoms with van der Waals surface area (Å²) in [4.78, 5) is 11.8. The molecule has 0 aliphatic carbocycles. The average molecular weight is 507 g/mol. The summed E-state index contributed by atoms with van der Waals surface area (Å²) in [6.07, 6.45) is 1.49. The van der Waals surface area contributed by atoms with Gasteiger partial charge in [0.2, 0.25) is 0 Å². The fourth-order valence-electron chi connectivity index (χ4n) is 4.06. The summed E-state index contributed by atoms with van der Waals surface area (Å²) in [6.45, 7) is 5.53. The molecule has 6 heteroatoms. The number of hydrogen-bond acceptors (Lipinski definition) is 6. The van der Waals surface area contributed by atoms with Gasteiger partial charge in [-0.25, -0.2) is 4.79 Å². The van der Waals surface area contributed by atoms with Crippen LogP contribution in [-0.4, -0.2) is 46.6 Å². The molecular formula is C31H38O6. The topological polar surface area (TPSA) is 63.2 Å². The Kier molecular flexibility index (Phi) is 10.8. The van der Waals surface area contributed by atoms with Crippen LogP contribution in [0.2, 0.25) is 0 Å². The van der Waals surface area contributed by atoms with Crippen LogP contribution in [-0.2, 0) is 27.1 Å². The number of hydrogen-bond donors (Lipinski definition) is 0. The zero-order chi connectivity index (χ0) is 26.6. The highest BCUT2D eigenvalue weighted by molar-refractivity contribution is 5.75. The van der Waals surface area contributed by atoms with Gasteiger partial charge in [0.1, 0.15) is 17.2 Å². The summed E-state index contributed by atoms with van der Waals surface area (Å²) in [5, 5.41) is 0. The van der Waals surface area contributed by atoms with Crippen LogP contribution in [0.5, 0.6) is 17.2 Å². The quantitative estimate of drug-likeness (QED) is 0.193. The van der Waals surface area contributed by atoms with Crippen LogP contribution in [0.4, 0.5) is 0 Å². The summed E-state index contributed by atoms with van der Waals surface area (Å²) >= 11 is 0. The lowest BCUT2D eigenvalue weighted by atomic mass is 9.99. The van der Waals surface area contributed by atoms with Gasteiger partial charge in [0.15, 0.2) is 6.10 Å². The summed E-state index contributed by atoms with van der Waals surface area (Å²) in [5.74, 6) is 2.40. The second kappa shape index (κ2) is 14.3. The summed E-state index contributed by atoms with van der Waals surface area (Å²) in [5.41, 5.74) is 4.59. The van der Waals surface area contributed by atoms with Crippen molar-refractivity contribution in [3.63, 3.8) is 0 Å². The molecule has 0 heterocycles. The van der Waals surface area contributed by atoms with E-state index < -0.39 is 12.1 Å². The number of rotatable bonds is 14. The average Bonchev–Trinajstić information content (AvgIpc) is 2.92. The van der Waals surface area contributed by atoms with Crippen LogP contribution >= 0.6 is 0 Å². The molecule has 3 aromatic rings. The zero-order valence-electron chi connectivity index (χ0n) is 22.5. The molecule has 0 aliphatic rings. The van der Waals surface area contributed by atoms with Gasteiger partial charge in [-0.2, -0.15) is 0 Å². The monoisotopic (exact) mass is 506 g/mol. The first-order valence-corrected chi connectivity index (χ1v) is 12.7. The highest BCUT2D eigenvalue weighted by Crippen LogP contribution is 2.27. The van der Waals surface area contributed by atoms with E-state index >= 15 is 0 Å². The van der Waals surface area contributed by atoms with Gasteiger partial charge in [0, 0.05) is 26.0 Å². The van der Waals surface area contributed by atoms with E-state index in [1.54, 1.807) is 7.11 Å². The van der Waals surface area contributed by atoms with Crippen molar-refractivity contribution in [2.75, 3.05) is 34.5 Å². The van der Waals surface area contributed by atoms with Crippen molar-refractivity contribution >= 4 is 5.97 Å². The lowest BCUT2D eigenvalue weighted by molar-refractivity contribution is -0.152. The highest BCUT2D eigenvalue weighted by Gasteiger charge is 2.21. The Morgan fingerprint density at radius 2 is 1.35 bits per heavy atom. The standard InChI is InChI=1S/C31H38O6/c1-22(2)19-23-7-9-24(10-8-23)25-11-14-27(15-12-25)36-17-6-18-37-28-16-13-26(29(21-28)33-3)20-30(34-4)31(32)35-5/h7-16,21-22,30H,6,17-20H2,1-5H3. The molecule has 0 amide bonds. The molecule has 0 spiro atoms. The van der Waals surface area contributed by atoms with Crippen molar-refractivity contribution in [1.82, 2.24) is 0 Å². The first kappa shape index (κ1) is 28.1. The second-order valence-corrected chi connectivity index (χ2v) is 9.30. The first-order chi connectivity index (χ1) is 17.9. The van der Waals surface area contributed by atoms with E-state index in [4.69, 9.17) is 23.7 Å². The molecule has 0 N–H and O–H groups in total. The molecule has 1 atom stereocenters. The number of esters is 1. The normalized spacial score (nSPS) is 11.7. The SMILES string of the molecule is COC(=O)C(Cc1ccc(OCCCOc2ccc(-c3ccc(CC(C)C)cc3)cc2)cc1OC)OC. The van der Waals surface area contributed by atoms with E-state index in [9.17, 15) is 4.79 Å². The third-order valence-corrected chi connectivity index (χ3v) is 6.02. The molecular weight excluding hydrogens is 468 g/mol. The fraction of sp³-hybridized carbons (Fsp3) is 0.387. The maximum atomic E-state index is 11.8. The molecule has 6 nitrogen and oxygen atoms in total. The predicted octanol–water partition coefficient (Wildman–Crippen LogP) is 6.14. The molecule has 3 aromatic carbocycles. The fourth-order valence-corrected chi connectivity index (χ4v) is 4.06. The molecule has 1 unspecified atom stereocenters. The van der Waals surface area contributed by atoms with Crippen LogP contribution in [0, 0.1) is 5.92 Å². The summed E-state index contributed by atoms with van der Waals surface area (Å²) < 4.78 is 27.3.